The Hall–Kier alpha value is -0.760. The molecule has 2 aliphatic heterocycles. The monoisotopic (exact) mass is 433 g/mol. The van der Waals surface area contributed by atoms with Gasteiger partial charge in [0.2, 0.25) is 0 Å². The van der Waals surface area contributed by atoms with Crippen LogP contribution in [0.25, 0.3) is 0 Å². The van der Waals surface area contributed by atoms with Crippen molar-refractivity contribution in [3.05, 3.63) is 24.2 Å². The Kier molecular flexibility index (Phi) is 7.20. The van der Waals surface area contributed by atoms with E-state index in [1.807, 2.05) is 12.1 Å². The van der Waals surface area contributed by atoms with Crippen molar-refractivity contribution in [3.63, 3.8) is 0 Å². The molecule has 1 N–H and O–H groups in total. The lowest BCUT2D eigenvalue weighted by atomic mass is 9.87. The zero-order valence-electron chi connectivity index (χ0n) is 13.9. The van der Waals surface area contributed by atoms with Crippen LogP contribution < -0.4 is 5.32 Å². The Bertz CT molecular complexity index is 484. The summed E-state index contributed by atoms with van der Waals surface area (Å²) in [6, 6.07) is 3.96. The third-order valence-corrected chi connectivity index (χ3v) is 4.64. The summed E-state index contributed by atoms with van der Waals surface area (Å²) in [6.07, 6.45) is 6.10. The van der Waals surface area contributed by atoms with E-state index >= 15 is 0 Å². The number of halogens is 1. The second-order valence-electron chi connectivity index (χ2n) is 6.44. The van der Waals surface area contributed by atoms with Crippen LogP contribution in [0.2, 0.25) is 0 Å². The van der Waals surface area contributed by atoms with E-state index < -0.39 is 0 Å². The van der Waals surface area contributed by atoms with Crippen LogP contribution in [0.3, 0.4) is 0 Å². The van der Waals surface area contributed by atoms with Gasteiger partial charge < -0.3 is 19.4 Å². The highest BCUT2D eigenvalue weighted by atomic mass is 127. The molecule has 0 amide bonds. The normalized spacial score (nSPS) is 24.2. The first-order valence-corrected chi connectivity index (χ1v) is 8.45. The van der Waals surface area contributed by atoms with Gasteiger partial charge in [0, 0.05) is 44.6 Å². The number of aliphatic imine (C=N–C) groups is 1. The van der Waals surface area contributed by atoms with E-state index in [0.29, 0.717) is 5.41 Å². The Balaban J connectivity index is 0.00000192. The number of hydrogen-bond donors (Lipinski definition) is 1. The number of hydrogen-bond acceptors (Lipinski definition) is 3. The summed E-state index contributed by atoms with van der Waals surface area (Å²) in [5.74, 6) is 2.07. The van der Waals surface area contributed by atoms with Crippen LogP contribution in [-0.4, -0.2) is 50.3 Å². The van der Waals surface area contributed by atoms with Crippen LogP contribution in [0.5, 0.6) is 0 Å². The van der Waals surface area contributed by atoms with Crippen molar-refractivity contribution in [3.8, 4) is 0 Å². The Labute approximate surface area is 155 Å². The van der Waals surface area contributed by atoms with Gasteiger partial charge in [0.15, 0.2) is 5.96 Å². The highest BCUT2D eigenvalue weighted by molar-refractivity contribution is 14.0. The molecule has 23 heavy (non-hydrogen) atoms. The van der Waals surface area contributed by atoms with Crippen LogP contribution in [-0.2, 0) is 11.2 Å². The number of likely N-dealkylation sites (tertiary alicyclic amines) is 1. The van der Waals surface area contributed by atoms with Gasteiger partial charge in [-0.3, -0.25) is 4.99 Å². The van der Waals surface area contributed by atoms with E-state index in [9.17, 15) is 0 Å². The van der Waals surface area contributed by atoms with E-state index in [-0.39, 0.29) is 24.0 Å². The molecule has 3 heterocycles. The smallest absolute Gasteiger partial charge is 0.193 e. The Morgan fingerprint density at radius 1 is 1.43 bits per heavy atom. The van der Waals surface area contributed by atoms with Crippen molar-refractivity contribution in [2.24, 2.45) is 10.4 Å². The molecular formula is C17H28IN3O2. The lowest BCUT2D eigenvalue weighted by Gasteiger charge is -2.25. The lowest BCUT2D eigenvalue weighted by Crippen LogP contribution is -2.42. The highest BCUT2D eigenvalue weighted by Crippen LogP contribution is 2.38. The van der Waals surface area contributed by atoms with Gasteiger partial charge in [-0.1, -0.05) is 6.92 Å². The fraction of sp³-hybridized carbons (Fsp3) is 0.706. The molecule has 1 aromatic rings. The Morgan fingerprint density at radius 3 is 3.04 bits per heavy atom. The number of nitrogens with one attached hydrogen (secondary N) is 1. The van der Waals surface area contributed by atoms with Gasteiger partial charge >= 0.3 is 0 Å². The van der Waals surface area contributed by atoms with Gasteiger partial charge in [-0.15, -0.1) is 24.0 Å². The maximum atomic E-state index is 5.62. The molecule has 2 saturated heterocycles. The summed E-state index contributed by atoms with van der Waals surface area (Å²) < 4.78 is 11.0. The van der Waals surface area contributed by atoms with Gasteiger partial charge in [-0.05, 0) is 31.4 Å². The molecule has 2 fully saturated rings. The molecule has 0 aromatic carbocycles. The number of ether oxygens (including phenoxy) is 1. The molecule has 0 aliphatic carbocycles. The number of guanidine groups is 1. The van der Waals surface area contributed by atoms with Crippen LogP contribution in [0.1, 0.15) is 31.9 Å². The number of rotatable bonds is 5. The van der Waals surface area contributed by atoms with Crippen molar-refractivity contribution in [2.75, 3.05) is 39.4 Å². The fourth-order valence-corrected chi connectivity index (χ4v) is 3.33. The van der Waals surface area contributed by atoms with E-state index in [0.717, 1.165) is 64.0 Å². The first kappa shape index (κ1) is 18.6. The van der Waals surface area contributed by atoms with Gasteiger partial charge in [-0.2, -0.15) is 0 Å². The molecule has 2 aliphatic rings. The molecular weight excluding hydrogens is 405 g/mol. The van der Waals surface area contributed by atoms with Gasteiger partial charge in [-0.25, -0.2) is 0 Å². The molecule has 130 valence electrons. The van der Waals surface area contributed by atoms with Crippen LogP contribution >= 0.6 is 24.0 Å². The average molecular weight is 433 g/mol. The van der Waals surface area contributed by atoms with Crippen molar-refractivity contribution in [1.29, 1.82) is 0 Å². The predicted molar refractivity (Wildman–Crippen MR) is 102 cm³/mol. The molecule has 1 aromatic heterocycles. The molecule has 0 bridgehead atoms. The Morgan fingerprint density at radius 2 is 2.35 bits per heavy atom. The zero-order valence-corrected chi connectivity index (χ0v) is 16.3. The summed E-state index contributed by atoms with van der Waals surface area (Å²) >= 11 is 0. The van der Waals surface area contributed by atoms with E-state index in [1.165, 1.54) is 12.8 Å². The fourth-order valence-electron chi connectivity index (χ4n) is 3.33. The average Bonchev–Trinajstić information content (AvgIpc) is 3.26. The molecule has 5 nitrogen and oxygen atoms in total. The topological polar surface area (TPSA) is 50.0 Å². The summed E-state index contributed by atoms with van der Waals surface area (Å²) in [7, 11) is 0. The maximum Gasteiger partial charge on any atom is 0.193 e. The second-order valence-corrected chi connectivity index (χ2v) is 6.44. The van der Waals surface area contributed by atoms with E-state index in [2.05, 4.69) is 17.1 Å². The van der Waals surface area contributed by atoms with Crippen molar-refractivity contribution < 1.29 is 9.15 Å². The molecule has 3 rings (SSSR count). The minimum Gasteiger partial charge on any atom is -0.469 e. The van der Waals surface area contributed by atoms with Crippen LogP contribution in [0, 0.1) is 5.41 Å². The first-order valence-electron chi connectivity index (χ1n) is 8.45. The third kappa shape index (κ3) is 4.86. The summed E-state index contributed by atoms with van der Waals surface area (Å²) in [4.78, 5) is 7.17. The maximum absolute atomic E-state index is 5.62. The molecule has 1 atom stereocenters. The van der Waals surface area contributed by atoms with Gasteiger partial charge in [0.25, 0.3) is 0 Å². The van der Waals surface area contributed by atoms with Crippen molar-refractivity contribution in [1.82, 2.24) is 10.2 Å². The minimum atomic E-state index is 0. The molecule has 1 unspecified atom stereocenters. The van der Waals surface area contributed by atoms with Crippen LogP contribution in [0.15, 0.2) is 27.8 Å². The third-order valence-electron chi connectivity index (χ3n) is 4.64. The highest BCUT2D eigenvalue weighted by Gasteiger charge is 2.42. The largest absolute Gasteiger partial charge is 0.469 e. The zero-order chi connectivity index (χ0) is 15.3. The molecule has 1 spiro atoms. The summed E-state index contributed by atoms with van der Waals surface area (Å²) in [6.45, 7) is 7.89. The van der Waals surface area contributed by atoms with Crippen molar-refractivity contribution in [2.45, 2.75) is 32.6 Å². The predicted octanol–water partition coefficient (Wildman–Crippen LogP) is 2.91. The van der Waals surface area contributed by atoms with E-state index in [4.69, 9.17) is 14.1 Å². The first-order chi connectivity index (χ1) is 10.8. The summed E-state index contributed by atoms with van der Waals surface area (Å²) in [5, 5.41) is 3.52. The molecule has 0 radical (unpaired) electrons. The van der Waals surface area contributed by atoms with E-state index in [1.54, 1.807) is 6.26 Å². The van der Waals surface area contributed by atoms with Gasteiger partial charge in [0.05, 0.1) is 12.9 Å². The SMILES string of the molecule is CCCN=C(NCCc1ccco1)N1CCC2(CCOC2)C1.I. The minimum absolute atomic E-state index is 0. The number of furan rings is 1. The lowest BCUT2D eigenvalue weighted by molar-refractivity contribution is 0.156. The molecule has 6 heteroatoms. The second kappa shape index (κ2) is 8.92. The number of nitrogens with zero attached hydrogens (tertiary/aromatic N) is 2. The molecule has 0 saturated carbocycles. The quantitative estimate of drug-likeness (QED) is 0.441. The van der Waals surface area contributed by atoms with Gasteiger partial charge in [0.1, 0.15) is 5.76 Å². The van der Waals surface area contributed by atoms with Crippen molar-refractivity contribution >= 4 is 29.9 Å². The summed E-state index contributed by atoms with van der Waals surface area (Å²) in [5.41, 5.74) is 0.371. The standard InChI is InChI=1S/C17H27N3O2.HI/c1-2-8-18-16(19-9-5-15-4-3-11-22-15)20-10-6-17(13-20)7-12-21-14-17;/h3-4,11H,2,5-10,12-14H2,1H3,(H,18,19);1H. The van der Waals surface area contributed by atoms with Crippen LogP contribution in [0.4, 0.5) is 0 Å².